The SMILES string of the molecule is Cc1nc2c(C)cccn2c1NC(C)(C)CC(C)(C)C. The number of hydrogen-bond donors (Lipinski definition) is 1. The lowest BCUT2D eigenvalue weighted by Crippen LogP contribution is -2.36. The van der Waals surface area contributed by atoms with Crippen molar-refractivity contribution in [3.63, 3.8) is 0 Å². The van der Waals surface area contributed by atoms with Gasteiger partial charge in [-0.2, -0.15) is 0 Å². The molecule has 0 amide bonds. The minimum atomic E-state index is 0.0305. The fourth-order valence-corrected chi connectivity index (χ4v) is 3.16. The van der Waals surface area contributed by atoms with Crippen molar-refractivity contribution in [2.75, 3.05) is 5.32 Å². The van der Waals surface area contributed by atoms with Crippen LogP contribution in [-0.2, 0) is 0 Å². The zero-order valence-electron chi connectivity index (χ0n) is 13.8. The Bertz CT molecular complexity index is 615. The lowest BCUT2D eigenvalue weighted by atomic mass is 9.82. The van der Waals surface area contributed by atoms with Crippen molar-refractivity contribution in [1.29, 1.82) is 0 Å². The minimum Gasteiger partial charge on any atom is -0.365 e. The van der Waals surface area contributed by atoms with Crippen LogP contribution in [0.2, 0.25) is 0 Å². The van der Waals surface area contributed by atoms with Gasteiger partial charge in [0.25, 0.3) is 0 Å². The van der Waals surface area contributed by atoms with E-state index in [1.807, 2.05) is 0 Å². The molecule has 0 saturated carbocycles. The third kappa shape index (κ3) is 3.14. The lowest BCUT2D eigenvalue weighted by Gasteiger charge is -2.34. The third-order valence-corrected chi connectivity index (χ3v) is 3.45. The highest BCUT2D eigenvalue weighted by atomic mass is 15.2. The van der Waals surface area contributed by atoms with Gasteiger partial charge in [0.1, 0.15) is 11.5 Å². The fraction of sp³-hybridized carbons (Fsp3) is 0.588. The predicted octanol–water partition coefficient (Wildman–Crippen LogP) is 4.58. The molecule has 0 aliphatic carbocycles. The Morgan fingerprint density at radius 1 is 1.15 bits per heavy atom. The maximum atomic E-state index is 4.69. The Morgan fingerprint density at radius 3 is 2.40 bits per heavy atom. The number of fused-ring (bicyclic) bond motifs is 1. The molecular formula is C17H27N3. The van der Waals surface area contributed by atoms with Gasteiger partial charge in [-0.05, 0) is 51.2 Å². The van der Waals surface area contributed by atoms with Crippen molar-refractivity contribution in [1.82, 2.24) is 9.38 Å². The summed E-state index contributed by atoms with van der Waals surface area (Å²) in [6.45, 7) is 15.5. The number of pyridine rings is 1. The third-order valence-electron chi connectivity index (χ3n) is 3.45. The van der Waals surface area contributed by atoms with Crippen molar-refractivity contribution in [3.8, 4) is 0 Å². The number of hydrogen-bond acceptors (Lipinski definition) is 2. The molecule has 110 valence electrons. The molecule has 0 aliphatic rings. The van der Waals surface area contributed by atoms with Crippen LogP contribution in [0.15, 0.2) is 18.3 Å². The normalized spacial score (nSPS) is 12.9. The van der Waals surface area contributed by atoms with Gasteiger partial charge in [-0.3, -0.25) is 4.40 Å². The monoisotopic (exact) mass is 273 g/mol. The van der Waals surface area contributed by atoms with E-state index >= 15 is 0 Å². The first-order valence-corrected chi connectivity index (χ1v) is 7.32. The van der Waals surface area contributed by atoms with Crippen LogP contribution >= 0.6 is 0 Å². The quantitative estimate of drug-likeness (QED) is 0.887. The van der Waals surface area contributed by atoms with Crippen LogP contribution in [0.4, 0.5) is 5.82 Å². The lowest BCUT2D eigenvalue weighted by molar-refractivity contribution is 0.302. The van der Waals surface area contributed by atoms with Crippen LogP contribution in [0.3, 0.4) is 0 Å². The van der Waals surface area contributed by atoms with Gasteiger partial charge in [0, 0.05) is 11.7 Å². The van der Waals surface area contributed by atoms with Gasteiger partial charge in [0.2, 0.25) is 0 Å². The van der Waals surface area contributed by atoms with Gasteiger partial charge in [-0.15, -0.1) is 0 Å². The number of anilines is 1. The Balaban J connectivity index is 2.39. The molecule has 0 saturated heterocycles. The number of nitrogens with one attached hydrogen (secondary N) is 1. The molecule has 3 nitrogen and oxygen atoms in total. The van der Waals surface area contributed by atoms with E-state index in [2.05, 4.69) is 76.5 Å². The topological polar surface area (TPSA) is 29.3 Å². The molecule has 2 rings (SSSR count). The minimum absolute atomic E-state index is 0.0305. The molecule has 2 heterocycles. The number of aryl methyl sites for hydroxylation is 2. The molecule has 3 heteroatoms. The first kappa shape index (κ1) is 14.9. The van der Waals surface area contributed by atoms with E-state index in [9.17, 15) is 0 Å². The molecule has 0 radical (unpaired) electrons. The van der Waals surface area contributed by atoms with E-state index < -0.39 is 0 Å². The second-order valence-corrected chi connectivity index (χ2v) is 7.68. The van der Waals surface area contributed by atoms with Gasteiger partial charge in [0.15, 0.2) is 0 Å². The van der Waals surface area contributed by atoms with E-state index in [0.29, 0.717) is 5.41 Å². The fourth-order valence-electron chi connectivity index (χ4n) is 3.16. The van der Waals surface area contributed by atoms with Crippen LogP contribution < -0.4 is 5.32 Å². The second kappa shape index (κ2) is 4.80. The molecular weight excluding hydrogens is 246 g/mol. The van der Waals surface area contributed by atoms with E-state index in [0.717, 1.165) is 23.6 Å². The standard InChI is InChI=1S/C17H27N3/c1-12-9-8-10-20-14(12)18-13(2)15(20)19-17(6,7)11-16(3,4)5/h8-10,19H,11H2,1-7H3. The van der Waals surface area contributed by atoms with Crippen LogP contribution in [0.5, 0.6) is 0 Å². The molecule has 0 fully saturated rings. The van der Waals surface area contributed by atoms with Gasteiger partial charge in [-0.25, -0.2) is 4.98 Å². The highest BCUT2D eigenvalue weighted by Crippen LogP contribution is 2.31. The van der Waals surface area contributed by atoms with Crippen molar-refractivity contribution in [2.45, 2.75) is 60.4 Å². The highest BCUT2D eigenvalue weighted by Gasteiger charge is 2.27. The Morgan fingerprint density at radius 2 is 1.80 bits per heavy atom. The van der Waals surface area contributed by atoms with E-state index in [-0.39, 0.29) is 5.54 Å². The summed E-state index contributed by atoms with van der Waals surface area (Å²) in [5.74, 6) is 1.11. The number of imidazole rings is 1. The number of rotatable bonds is 3. The van der Waals surface area contributed by atoms with Crippen LogP contribution in [0, 0.1) is 19.3 Å². The van der Waals surface area contributed by atoms with Crippen molar-refractivity contribution in [2.24, 2.45) is 5.41 Å². The summed E-state index contributed by atoms with van der Waals surface area (Å²) in [4.78, 5) is 4.69. The van der Waals surface area contributed by atoms with Gasteiger partial charge in [0.05, 0.1) is 5.69 Å². The summed E-state index contributed by atoms with van der Waals surface area (Å²) >= 11 is 0. The summed E-state index contributed by atoms with van der Waals surface area (Å²) < 4.78 is 2.16. The second-order valence-electron chi connectivity index (χ2n) is 7.68. The average Bonchev–Trinajstić information content (AvgIpc) is 2.54. The van der Waals surface area contributed by atoms with Crippen molar-refractivity contribution in [3.05, 3.63) is 29.6 Å². The molecule has 0 bridgehead atoms. The van der Waals surface area contributed by atoms with Crippen molar-refractivity contribution >= 4 is 11.5 Å². The van der Waals surface area contributed by atoms with E-state index in [1.54, 1.807) is 0 Å². The maximum absolute atomic E-state index is 4.69. The molecule has 2 aromatic rings. The van der Waals surface area contributed by atoms with E-state index in [1.165, 1.54) is 5.56 Å². The Labute approximate surface area is 122 Å². The maximum Gasteiger partial charge on any atom is 0.141 e. The number of aromatic nitrogens is 2. The summed E-state index contributed by atoms with van der Waals surface area (Å²) in [7, 11) is 0. The van der Waals surface area contributed by atoms with Crippen LogP contribution in [-0.4, -0.2) is 14.9 Å². The molecule has 0 unspecified atom stereocenters. The Hall–Kier alpha value is -1.51. The molecule has 20 heavy (non-hydrogen) atoms. The summed E-state index contributed by atoms with van der Waals surface area (Å²) in [5, 5.41) is 3.69. The molecule has 1 N–H and O–H groups in total. The summed E-state index contributed by atoms with van der Waals surface area (Å²) in [6, 6.07) is 4.18. The van der Waals surface area contributed by atoms with Gasteiger partial charge in [-0.1, -0.05) is 26.8 Å². The average molecular weight is 273 g/mol. The highest BCUT2D eigenvalue weighted by molar-refractivity contribution is 5.59. The first-order valence-electron chi connectivity index (χ1n) is 7.32. The smallest absolute Gasteiger partial charge is 0.141 e. The Kier molecular flexibility index (Phi) is 3.57. The van der Waals surface area contributed by atoms with Gasteiger partial charge < -0.3 is 5.32 Å². The molecule has 0 aliphatic heterocycles. The van der Waals surface area contributed by atoms with Crippen LogP contribution in [0.1, 0.15) is 52.3 Å². The molecule has 2 aromatic heterocycles. The summed E-state index contributed by atoms with van der Waals surface area (Å²) in [5.41, 5.74) is 3.63. The zero-order chi connectivity index (χ0) is 15.1. The van der Waals surface area contributed by atoms with Crippen molar-refractivity contribution < 1.29 is 0 Å². The van der Waals surface area contributed by atoms with Gasteiger partial charge >= 0.3 is 0 Å². The molecule has 0 spiro atoms. The largest absolute Gasteiger partial charge is 0.365 e. The first-order chi connectivity index (χ1) is 9.09. The zero-order valence-corrected chi connectivity index (χ0v) is 13.8. The summed E-state index contributed by atoms with van der Waals surface area (Å²) in [6.07, 6.45) is 3.18. The molecule has 0 atom stereocenters. The predicted molar refractivity (Wildman–Crippen MR) is 86.4 cm³/mol. The number of nitrogens with zero attached hydrogens (tertiary/aromatic N) is 2. The molecule has 0 aromatic carbocycles. The van der Waals surface area contributed by atoms with Crippen LogP contribution in [0.25, 0.3) is 5.65 Å². The van der Waals surface area contributed by atoms with E-state index in [4.69, 9.17) is 4.98 Å².